The quantitative estimate of drug-likeness (QED) is 0.889. The van der Waals surface area contributed by atoms with Gasteiger partial charge in [0.2, 0.25) is 0 Å². The summed E-state index contributed by atoms with van der Waals surface area (Å²) in [6, 6.07) is 15.6. The van der Waals surface area contributed by atoms with Crippen LogP contribution in [0, 0.1) is 6.92 Å². The number of carboxylic acid groups (broad SMARTS) is 1. The van der Waals surface area contributed by atoms with Crippen molar-refractivity contribution in [2.24, 2.45) is 0 Å². The zero-order chi connectivity index (χ0) is 13.7. The molecule has 2 nitrogen and oxygen atoms in total. The van der Waals surface area contributed by atoms with E-state index >= 15 is 0 Å². The van der Waals surface area contributed by atoms with Gasteiger partial charge in [0.15, 0.2) is 0 Å². The fourth-order valence-corrected chi connectivity index (χ4v) is 2.82. The first kappa shape index (κ1) is 13.7. The zero-order valence-electron chi connectivity index (χ0n) is 10.8. The standard InChI is InChI=1S/C16H16O2S/c1-12-6-8-13(9-7-12)10-19-11-14-4-2-3-5-15(14)16(17)18/h2-9H,10-11H2,1H3,(H,17,18). The lowest BCUT2D eigenvalue weighted by atomic mass is 10.1. The Morgan fingerprint density at radius 3 is 2.42 bits per heavy atom. The molecule has 0 amide bonds. The molecule has 0 spiro atoms. The summed E-state index contributed by atoms with van der Waals surface area (Å²) in [6.07, 6.45) is 0. The summed E-state index contributed by atoms with van der Waals surface area (Å²) < 4.78 is 0. The average molecular weight is 272 g/mol. The molecule has 0 atom stereocenters. The maximum Gasteiger partial charge on any atom is 0.335 e. The molecule has 3 heteroatoms. The normalized spacial score (nSPS) is 10.4. The van der Waals surface area contributed by atoms with Crippen LogP contribution in [0.3, 0.4) is 0 Å². The third-order valence-electron chi connectivity index (χ3n) is 2.89. The van der Waals surface area contributed by atoms with Gasteiger partial charge in [-0.05, 0) is 24.1 Å². The second kappa shape index (κ2) is 6.43. The van der Waals surface area contributed by atoms with Gasteiger partial charge in [0.05, 0.1) is 5.56 Å². The van der Waals surface area contributed by atoms with Gasteiger partial charge in [-0.25, -0.2) is 4.79 Å². The Balaban J connectivity index is 1.96. The van der Waals surface area contributed by atoms with Crippen molar-refractivity contribution in [2.75, 3.05) is 0 Å². The third kappa shape index (κ3) is 3.86. The number of hydrogen-bond acceptors (Lipinski definition) is 2. The van der Waals surface area contributed by atoms with Gasteiger partial charge in [-0.1, -0.05) is 48.0 Å². The molecule has 0 aliphatic carbocycles. The molecule has 0 aliphatic rings. The van der Waals surface area contributed by atoms with E-state index in [0.29, 0.717) is 5.56 Å². The Morgan fingerprint density at radius 1 is 1.05 bits per heavy atom. The molecule has 0 heterocycles. The number of carboxylic acids is 1. The molecule has 0 unspecified atom stereocenters. The third-order valence-corrected chi connectivity index (χ3v) is 3.95. The Kier molecular flexibility index (Phi) is 4.63. The minimum absolute atomic E-state index is 0.402. The van der Waals surface area contributed by atoms with Crippen molar-refractivity contribution >= 4 is 17.7 Å². The number of benzene rings is 2. The Labute approximate surface area is 117 Å². The van der Waals surface area contributed by atoms with Crippen molar-refractivity contribution in [3.63, 3.8) is 0 Å². The van der Waals surface area contributed by atoms with E-state index in [4.69, 9.17) is 5.11 Å². The molecule has 0 saturated heterocycles. The first-order chi connectivity index (χ1) is 9.16. The molecule has 0 aliphatic heterocycles. The minimum atomic E-state index is -0.855. The van der Waals surface area contributed by atoms with Gasteiger partial charge in [-0.3, -0.25) is 0 Å². The topological polar surface area (TPSA) is 37.3 Å². The predicted octanol–water partition coefficient (Wildman–Crippen LogP) is 4.13. The average Bonchev–Trinajstić information content (AvgIpc) is 2.41. The number of carbonyl (C=O) groups is 1. The number of rotatable bonds is 5. The monoisotopic (exact) mass is 272 g/mol. The molecule has 1 N–H and O–H groups in total. The molecule has 19 heavy (non-hydrogen) atoms. The number of aromatic carboxylic acids is 1. The van der Waals surface area contributed by atoms with E-state index in [2.05, 4.69) is 31.2 Å². The summed E-state index contributed by atoms with van der Waals surface area (Å²) >= 11 is 1.73. The van der Waals surface area contributed by atoms with E-state index in [1.54, 1.807) is 23.9 Å². The first-order valence-corrected chi connectivity index (χ1v) is 7.27. The van der Waals surface area contributed by atoms with Crippen LogP contribution in [0.4, 0.5) is 0 Å². The maximum atomic E-state index is 11.1. The molecule has 0 radical (unpaired) electrons. The Bertz CT molecular complexity index is 561. The molecule has 0 fully saturated rings. The summed E-state index contributed by atoms with van der Waals surface area (Å²) in [5.41, 5.74) is 3.80. The maximum absolute atomic E-state index is 11.1. The lowest BCUT2D eigenvalue weighted by Crippen LogP contribution is -2.01. The van der Waals surface area contributed by atoms with Crippen LogP contribution >= 0.6 is 11.8 Å². The fraction of sp³-hybridized carbons (Fsp3) is 0.188. The van der Waals surface area contributed by atoms with Crippen LogP contribution in [0.25, 0.3) is 0 Å². The lowest BCUT2D eigenvalue weighted by Gasteiger charge is -2.06. The smallest absolute Gasteiger partial charge is 0.335 e. The SMILES string of the molecule is Cc1ccc(CSCc2ccccc2C(=O)O)cc1. The van der Waals surface area contributed by atoms with Crippen LogP contribution in [-0.4, -0.2) is 11.1 Å². The minimum Gasteiger partial charge on any atom is -0.478 e. The largest absolute Gasteiger partial charge is 0.478 e. The molecular weight excluding hydrogens is 256 g/mol. The summed E-state index contributed by atoms with van der Waals surface area (Å²) in [5, 5.41) is 9.10. The first-order valence-electron chi connectivity index (χ1n) is 6.11. The van der Waals surface area contributed by atoms with Crippen molar-refractivity contribution < 1.29 is 9.90 Å². The van der Waals surface area contributed by atoms with Crippen LogP contribution in [0.2, 0.25) is 0 Å². The van der Waals surface area contributed by atoms with Gasteiger partial charge in [-0.15, -0.1) is 0 Å². The predicted molar refractivity (Wildman–Crippen MR) is 79.6 cm³/mol. The molecule has 2 aromatic carbocycles. The summed E-state index contributed by atoms with van der Waals surface area (Å²) in [5.74, 6) is 0.761. The van der Waals surface area contributed by atoms with Crippen LogP contribution in [0.1, 0.15) is 27.0 Å². The van der Waals surface area contributed by atoms with Gasteiger partial charge in [0.1, 0.15) is 0 Å². The molecule has 0 aromatic heterocycles. The lowest BCUT2D eigenvalue weighted by molar-refractivity contribution is 0.0696. The highest BCUT2D eigenvalue weighted by molar-refractivity contribution is 7.97. The van der Waals surface area contributed by atoms with Gasteiger partial charge < -0.3 is 5.11 Å². The van der Waals surface area contributed by atoms with Crippen LogP contribution in [0.5, 0.6) is 0 Å². The second-order valence-corrected chi connectivity index (χ2v) is 5.43. The van der Waals surface area contributed by atoms with Gasteiger partial charge in [-0.2, -0.15) is 11.8 Å². The highest BCUT2D eigenvalue weighted by Gasteiger charge is 2.08. The van der Waals surface area contributed by atoms with Crippen LogP contribution in [-0.2, 0) is 11.5 Å². The highest BCUT2D eigenvalue weighted by atomic mass is 32.2. The van der Waals surface area contributed by atoms with Crippen LogP contribution < -0.4 is 0 Å². The molecular formula is C16H16O2S. The highest BCUT2D eigenvalue weighted by Crippen LogP contribution is 2.20. The van der Waals surface area contributed by atoms with Gasteiger partial charge in [0, 0.05) is 11.5 Å². The zero-order valence-corrected chi connectivity index (χ0v) is 11.6. The van der Waals surface area contributed by atoms with Crippen LogP contribution in [0.15, 0.2) is 48.5 Å². The van der Waals surface area contributed by atoms with E-state index in [-0.39, 0.29) is 0 Å². The molecule has 2 rings (SSSR count). The number of aryl methyl sites for hydroxylation is 1. The second-order valence-electron chi connectivity index (χ2n) is 4.44. The van der Waals surface area contributed by atoms with E-state index in [9.17, 15) is 4.79 Å². The van der Waals surface area contributed by atoms with Crippen molar-refractivity contribution in [3.05, 3.63) is 70.8 Å². The summed E-state index contributed by atoms with van der Waals surface area (Å²) in [6.45, 7) is 2.07. The van der Waals surface area contributed by atoms with Gasteiger partial charge >= 0.3 is 5.97 Å². The summed E-state index contributed by atoms with van der Waals surface area (Å²) in [4.78, 5) is 11.1. The van der Waals surface area contributed by atoms with Gasteiger partial charge in [0.25, 0.3) is 0 Å². The fourth-order valence-electron chi connectivity index (χ4n) is 1.82. The molecule has 0 bridgehead atoms. The molecule has 98 valence electrons. The number of thioether (sulfide) groups is 1. The summed E-state index contributed by atoms with van der Waals surface area (Å²) in [7, 11) is 0. The van der Waals surface area contributed by atoms with E-state index in [1.807, 2.05) is 12.1 Å². The van der Waals surface area contributed by atoms with E-state index < -0.39 is 5.97 Å². The Hall–Kier alpha value is -1.74. The molecule has 0 saturated carbocycles. The van der Waals surface area contributed by atoms with E-state index in [0.717, 1.165) is 17.1 Å². The number of hydrogen-bond donors (Lipinski definition) is 1. The van der Waals surface area contributed by atoms with E-state index in [1.165, 1.54) is 11.1 Å². The van der Waals surface area contributed by atoms with Crippen molar-refractivity contribution in [3.8, 4) is 0 Å². The Morgan fingerprint density at radius 2 is 1.74 bits per heavy atom. The molecule has 2 aromatic rings. The van der Waals surface area contributed by atoms with Crippen molar-refractivity contribution in [1.29, 1.82) is 0 Å². The van der Waals surface area contributed by atoms with Crippen molar-refractivity contribution in [1.82, 2.24) is 0 Å². The van der Waals surface area contributed by atoms with Crippen molar-refractivity contribution in [2.45, 2.75) is 18.4 Å².